The molecule has 1 heterocycles. The van der Waals surface area contributed by atoms with Crippen LogP contribution in [0.25, 0.3) is 0 Å². The van der Waals surface area contributed by atoms with Gasteiger partial charge in [-0.25, -0.2) is 0 Å². The molecule has 0 spiro atoms. The molecule has 0 unspecified atom stereocenters. The second-order valence-corrected chi connectivity index (χ2v) is 19.1. The summed E-state index contributed by atoms with van der Waals surface area (Å²) in [6.45, 7) is 9.11. The molecule has 1 rings (SSSR count). The van der Waals surface area contributed by atoms with E-state index >= 15 is 0 Å². The summed E-state index contributed by atoms with van der Waals surface area (Å²) in [6.07, 6.45) is 9.08. The molecule has 1 aromatic rings. The van der Waals surface area contributed by atoms with Crippen molar-refractivity contribution in [2.75, 3.05) is 0 Å². The second kappa shape index (κ2) is 9.86. The van der Waals surface area contributed by atoms with Crippen LogP contribution < -0.4 is 3.78 Å². The van der Waals surface area contributed by atoms with E-state index in [0.717, 1.165) is 12.1 Å². The monoisotopic (exact) mass is 387 g/mol. The van der Waals surface area contributed by atoms with Gasteiger partial charge in [0.1, 0.15) is 0 Å². The Labute approximate surface area is 129 Å². The number of unbranched alkanes of at least 4 members (excludes halogenated alkanes) is 3. The molecule has 0 N–H and O–H groups in total. The summed E-state index contributed by atoms with van der Waals surface area (Å²) in [5, 5.41) is 4.30. The molecule has 1 aromatic heterocycles. The molecule has 3 heteroatoms. The normalized spacial score (nSPS) is 12.0. The van der Waals surface area contributed by atoms with E-state index in [9.17, 15) is 0 Å². The Morgan fingerprint density at radius 1 is 0.900 bits per heavy atom. The topological polar surface area (TPSA) is 26.0 Å². The molecule has 0 aliphatic rings. The van der Waals surface area contributed by atoms with Gasteiger partial charge in [-0.3, -0.25) is 0 Å². The van der Waals surface area contributed by atoms with Gasteiger partial charge in [0.2, 0.25) is 0 Å². The molecule has 116 valence electrons. The van der Waals surface area contributed by atoms with Crippen molar-refractivity contribution in [3.8, 4) is 0 Å². The van der Waals surface area contributed by atoms with Crippen LogP contribution in [0.15, 0.2) is 10.6 Å². The van der Waals surface area contributed by atoms with E-state index in [1.165, 1.54) is 55.6 Å². The first-order valence-corrected chi connectivity index (χ1v) is 16.2. The molecule has 0 saturated carbocycles. The fourth-order valence-corrected chi connectivity index (χ4v) is 18.1. The Hall–Kier alpha value is 0.00870. The quantitative estimate of drug-likeness (QED) is 0.483. The zero-order valence-electron chi connectivity index (χ0n) is 14.0. The van der Waals surface area contributed by atoms with Crippen LogP contribution in [0, 0.1) is 0 Å². The van der Waals surface area contributed by atoms with E-state index in [4.69, 9.17) is 4.52 Å². The summed E-state index contributed by atoms with van der Waals surface area (Å²) in [6, 6.07) is 2.32. The van der Waals surface area contributed by atoms with E-state index in [1.54, 1.807) is 0 Å². The minimum atomic E-state index is -2.33. The number of rotatable bonds is 11. The average molecular weight is 386 g/mol. The van der Waals surface area contributed by atoms with Gasteiger partial charge < -0.3 is 0 Å². The second-order valence-electron chi connectivity index (χ2n) is 6.13. The van der Waals surface area contributed by atoms with Gasteiger partial charge in [-0.05, 0) is 0 Å². The minimum absolute atomic E-state index is 1.00. The van der Waals surface area contributed by atoms with E-state index < -0.39 is 18.4 Å². The third-order valence-corrected chi connectivity index (χ3v) is 19.3. The van der Waals surface area contributed by atoms with Crippen LogP contribution >= 0.6 is 0 Å². The molecular weight excluding hydrogens is 353 g/mol. The van der Waals surface area contributed by atoms with E-state index in [0.29, 0.717) is 0 Å². The van der Waals surface area contributed by atoms with Crippen molar-refractivity contribution in [1.82, 2.24) is 5.16 Å². The standard InChI is InChI=1S/C5H6NO.3C4H9.Sn/c1-2-5-3-4-7-6-5;3*1-3-4-2;/h3H,2H2,1H3;3*1,3-4H2,2H3;. The maximum absolute atomic E-state index is 5.86. The zero-order chi connectivity index (χ0) is 14.8. The maximum atomic E-state index is 5.86. The SMILES string of the molecule is CCC[CH2][Sn]([CH2]CCC)([CH2]CCC)[c]1cc(CC)no1. The van der Waals surface area contributed by atoms with Crippen LogP contribution in [0.4, 0.5) is 0 Å². The predicted molar refractivity (Wildman–Crippen MR) is 90.4 cm³/mol. The average Bonchev–Trinajstić information content (AvgIpc) is 2.96. The Bertz CT molecular complexity index is 340. The first-order valence-electron chi connectivity index (χ1n) is 8.68. The number of hydrogen-bond acceptors (Lipinski definition) is 2. The first-order chi connectivity index (χ1) is 9.72. The van der Waals surface area contributed by atoms with E-state index in [1.807, 2.05) is 0 Å². The third kappa shape index (κ3) is 5.08. The van der Waals surface area contributed by atoms with E-state index in [2.05, 4.69) is 38.9 Å². The molecule has 2 nitrogen and oxygen atoms in total. The van der Waals surface area contributed by atoms with Crippen molar-refractivity contribution >= 4 is 22.2 Å². The molecule has 0 aromatic carbocycles. The Morgan fingerprint density at radius 3 is 1.75 bits per heavy atom. The van der Waals surface area contributed by atoms with Gasteiger partial charge in [0, 0.05) is 0 Å². The van der Waals surface area contributed by atoms with Gasteiger partial charge in [-0.1, -0.05) is 0 Å². The molecule has 0 aliphatic heterocycles. The molecule has 0 atom stereocenters. The van der Waals surface area contributed by atoms with Crippen LogP contribution in [-0.4, -0.2) is 23.5 Å². The van der Waals surface area contributed by atoms with Crippen molar-refractivity contribution in [3.05, 3.63) is 11.8 Å². The summed E-state index contributed by atoms with van der Waals surface area (Å²) in [5.74, 6) is 0. The fraction of sp³-hybridized carbons (Fsp3) is 0.824. The number of nitrogens with zero attached hydrogens (tertiary/aromatic N) is 1. The Balaban J connectivity index is 2.97. The first kappa shape index (κ1) is 18.1. The van der Waals surface area contributed by atoms with Gasteiger partial charge in [-0.15, -0.1) is 0 Å². The summed E-state index contributed by atoms with van der Waals surface area (Å²) < 4.78 is 11.6. The molecule has 0 saturated heterocycles. The van der Waals surface area contributed by atoms with Crippen LogP contribution in [-0.2, 0) is 6.42 Å². The molecule has 20 heavy (non-hydrogen) atoms. The third-order valence-electron chi connectivity index (χ3n) is 4.47. The summed E-state index contributed by atoms with van der Waals surface area (Å²) in [7, 11) is 0. The summed E-state index contributed by atoms with van der Waals surface area (Å²) in [5.41, 5.74) is 1.16. The summed E-state index contributed by atoms with van der Waals surface area (Å²) in [4.78, 5) is 0. The molecule has 0 aliphatic carbocycles. The number of hydrogen-bond donors (Lipinski definition) is 0. The Morgan fingerprint density at radius 2 is 1.40 bits per heavy atom. The fourth-order valence-electron chi connectivity index (χ4n) is 3.02. The molecular formula is C17H33NOSn. The van der Waals surface area contributed by atoms with Crippen LogP contribution in [0.2, 0.25) is 13.3 Å². The van der Waals surface area contributed by atoms with E-state index in [-0.39, 0.29) is 0 Å². The molecule has 0 radical (unpaired) electrons. The van der Waals surface area contributed by atoms with Gasteiger partial charge in [0.05, 0.1) is 0 Å². The predicted octanol–water partition coefficient (Wildman–Crippen LogP) is 5.29. The summed E-state index contributed by atoms with van der Waals surface area (Å²) >= 11 is -2.33. The zero-order valence-corrected chi connectivity index (χ0v) is 16.9. The molecule has 0 bridgehead atoms. The van der Waals surface area contributed by atoms with Gasteiger partial charge in [-0.2, -0.15) is 0 Å². The van der Waals surface area contributed by atoms with Crippen molar-refractivity contribution in [2.45, 2.75) is 86.0 Å². The van der Waals surface area contributed by atoms with Gasteiger partial charge in [0.25, 0.3) is 0 Å². The van der Waals surface area contributed by atoms with Crippen LogP contribution in [0.3, 0.4) is 0 Å². The van der Waals surface area contributed by atoms with Crippen LogP contribution in [0.1, 0.15) is 71.9 Å². The van der Waals surface area contributed by atoms with Gasteiger partial charge in [0.15, 0.2) is 0 Å². The van der Waals surface area contributed by atoms with Crippen molar-refractivity contribution in [1.29, 1.82) is 0 Å². The van der Waals surface area contributed by atoms with Crippen molar-refractivity contribution in [2.24, 2.45) is 0 Å². The van der Waals surface area contributed by atoms with Crippen molar-refractivity contribution in [3.63, 3.8) is 0 Å². The molecule has 0 fully saturated rings. The van der Waals surface area contributed by atoms with Gasteiger partial charge >= 0.3 is 130 Å². The van der Waals surface area contributed by atoms with Crippen molar-refractivity contribution < 1.29 is 4.52 Å². The number of aromatic nitrogens is 1. The Kier molecular flexibility index (Phi) is 8.90. The molecule has 0 amide bonds. The van der Waals surface area contributed by atoms with Crippen LogP contribution in [0.5, 0.6) is 0 Å². The number of aryl methyl sites for hydroxylation is 1.